The maximum atomic E-state index is 11.9. The van der Waals surface area contributed by atoms with E-state index in [1.54, 1.807) is 24.4 Å². The zero-order valence-electron chi connectivity index (χ0n) is 11.5. The van der Waals surface area contributed by atoms with Crippen LogP contribution in [0.3, 0.4) is 0 Å². The average Bonchev–Trinajstić information content (AvgIpc) is 2.39. The second kappa shape index (κ2) is 5.22. The zero-order chi connectivity index (χ0) is 13.9. The highest BCUT2D eigenvalue weighted by molar-refractivity contribution is 6.02. The molecule has 19 heavy (non-hydrogen) atoms. The van der Waals surface area contributed by atoms with E-state index in [0.29, 0.717) is 5.69 Å². The summed E-state index contributed by atoms with van der Waals surface area (Å²) in [6.07, 6.45) is 1.61. The first-order chi connectivity index (χ1) is 8.97. The lowest BCUT2D eigenvalue weighted by Crippen LogP contribution is -2.14. The number of hydrogen-bond acceptors (Lipinski definition) is 2. The number of nitrogens with one attached hydrogen (secondary N) is 1. The SMILES string of the molecule is CC(C)(C)c1ccc(NC(=O)c2ccccn2)cc1. The minimum atomic E-state index is -0.191. The van der Waals surface area contributed by atoms with E-state index in [1.165, 1.54) is 5.56 Å². The average molecular weight is 254 g/mol. The molecule has 1 N–H and O–H groups in total. The normalized spacial score (nSPS) is 11.1. The van der Waals surface area contributed by atoms with Crippen LogP contribution in [0.5, 0.6) is 0 Å². The predicted octanol–water partition coefficient (Wildman–Crippen LogP) is 3.63. The number of anilines is 1. The quantitative estimate of drug-likeness (QED) is 0.889. The summed E-state index contributed by atoms with van der Waals surface area (Å²) in [6.45, 7) is 6.48. The summed E-state index contributed by atoms with van der Waals surface area (Å²) in [7, 11) is 0. The van der Waals surface area contributed by atoms with Gasteiger partial charge in [-0.2, -0.15) is 0 Å². The van der Waals surface area contributed by atoms with E-state index in [4.69, 9.17) is 0 Å². The van der Waals surface area contributed by atoms with Crippen LogP contribution in [-0.2, 0) is 5.41 Å². The van der Waals surface area contributed by atoms with Crippen molar-refractivity contribution in [2.24, 2.45) is 0 Å². The van der Waals surface area contributed by atoms with Gasteiger partial charge >= 0.3 is 0 Å². The molecule has 0 saturated heterocycles. The summed E-state index contributed by atoms with van der Waals surface area (Å²) in [5.74, 6) is -0.191. The molecule has 0 spiro atoms. The predicted molar refractivity (Wildman–Crippen MR) is 77.3 cm³/mol. The number of hydrogen-bond donors (Lipinski definition) is 1. The Labute approximate surface area is 113 Å². The summed E-state index contributed by atoms with van der Waals surface area (Å²) in [6, 6.07) is 13.2. The zero-order valence-corrected chi connectivity index (χ0v) is 11.5. The van der Waals surface area contributed by atoms with Gasteiger partial charge in [0.15, 0.2) is 0 Å². The minimum absolute atomic E-state index is 0.115. The largest absolute Gasteiger partial charge is 0.321 e. The number of nitrogens with zero attached hydrogens (tertiary/aromatic N) is 1. The fraction of sp³-hybridized carbons (Fsp3) is 0.250. The highest BCUT2D eigenvalue weighted by Gasteiger charge is 2.13. The molecule has 98 valence electrons. The van der Waals surface area contributed by atoms with Gasteiger partial charge in [0.2, 0.25) is 0 Å². The molecule has 0 fully saturated rings. The fourth-order valence-electron chi connectivity index (χ4n) is 1.75. The summed E-state index contributed by atoms with van der Waals surface area (Å²) in [4.78, 5) is 15.9. The van der Waals surface area contributed by atoms with Crippen molar-refractivity contribution < 1.29 is 4.79 Å². The van der Waals surface area contributed by atoms with Crippen LogP contribution in [0, 0.1) is 0 Å². The number of aromatic nitrogens is 1. The molecule has 3 heteroatoms. The van der Waals surface area contributed by atoms with Gasteiger partial charge in [0.05, 0.1) is 0 Å². The van der Waals surface area contributed by atoms with E-state index in [1.807, 2.05) is 24.3 Å². The van der Waals surface area contributed by atoms with Crippen molar-refractivity contribution in [1.82, 2.24) is 4.98 Å². The van der Waals surface area contributed by atoms with Crippen LogP contribution in [-0.4, -0.2) is 10.9 Å². The Balaban J connectivity index is 2.10. The Hall–Kier alpha value is -2.16. The van der Waals surface area contributed by atoms with Gasteiger partial charge in [-0.05, 0) is 35.2 Å². The minimum Gasteiger partial charge on any atom is -0.321 e. The third-order valence-corrected chi connectivity index (χ3v) is 2.91. The molecule has 2 rings (SSSR count). The number of benzene rings is 1. The highest BCUT2D eigenvalue weighted by Crippen LogP contribution is 2.23. The van der Waals surface area contributed by atoms with Crippen LogP contribution in [0.4, 0.5) is 5.69 Å². The number of carbonyl (C=O) groups is 1. The Kier molecular flexibility index (Phi) is 3.65. The van der Waals surface area contributed by atoms with E-state index in [-0.39, 0.29) is 11.3 Å². The van der Waals surface area contributed by atoms with Crippen molar-refractivity contribution in [2.75, 3.05) is 5.32 Å². The van der Waals surface area contributed by atoms with Crippen LogP contribution in [0.1, 0.15) is 36.8 Å². The molecule has 0 radical (unpaired) electrons. The maximum Gasteiger partial charge on any atom is 0.274 e. The van der Waals surface area contributed by atoms with Gasteiger partial charge in [0, 0.05) is 11.9 Å². The lowest BCUT2D eigenvalue weighted by atomic mass is 9.87. The molecule has 1 amide bonds. The first-order valence-electron chi connectivity index (χ1n) is 6.30. The fourth-order valence-corrected chi connectivity index (χ4v) is 1.75. The summed E-state index contributed by atoms with van der Waals surface area (Å²) in [5.41, 5.74) is 2.55. The Bertz CT molecular complexity index is 554. The molecule has 0 atom stereocenters. The van der Waals surface area contributed by atoms with E-state index < -0.39 is 0 Å². The van der Waals surface area contributed by atoms with Gasteiger partial charge in [-0.25, -0.2) is 0 Å². The second-order valence-corrected chi connectivity index (χ2v) is 5.50. The first kappa shape index (κ1) is 13.3. The van der Waals surface area contributed by atoms with Crippen molar-refractivity contribution >= 4 is 11.6 Å². The van der Waals surface area contributed by atoms with Crippen molar-refractivity contribution in [3.05, 3.63) is 59.9 Å². The van der Waals surface area contributed by atoms with Crippen molar-refractivity contribution in [1.29, 1.82) is 0 Å². The van der Waals surface area contributed by atoms with E-state index in [9.17, 15) is 4.79 Å². The Morgan fingerprint density at radius 3 is 2.26 bits per heavy atom. The smallest absolute Gasteiger partial charge is 0.274 e. The summed E-state index contributed by atoms with van der Waals surface area (Å²) >= 11 is 0. The standard InChI is InChI=1S/C16H18N2O/c1-16(2,3)12-7-9-13(10-8-12)18-15(19)14-6-4-5-11-17-14/h4-11H,1-3H3,(H,18,19). The summed E-state index contributed by atoms with van der Waals surface area (Å²) in [5, 5.41) is 2.84. The molecule has 0 aliphatic carbocycles. The Morgan fingerprint density at radius 2 is 1.74 bits per heavy atom. The first-order valence-corrected chi connectivity index (χ1v) is 6.30. The Morgan fingerprint density at radius 1 is 1.05 bits per heavy atom. The van der Waals surface area contributed by atoms with Gasteiger partial charge in [-0.15, -0.1) is 0 Å². The monoisotopic (exact) mass is 254 g/mol. The van der Waals surface area contributed by atoms with Crippen molar-refractivity contribution in [2.45, 2.75) is 26.2 Å². The molecule has 0 unspecified atom stereocenters. The van der Waals surface area contributed by atoms with Crippen molar-refractivity contribution in [3.63, 3.8) is 0 Å². The van der Waals surface area contributed by atoms with E-state index in [2.05, 4.69) is 31.1 Å². The summed E-state index contributed by atoms with van der Waals surface area (Å²) < 4.78 is 0. The lowest BCUT2D eigenvalue weighted by Gasteiger charge is -2.19. The van der Waals surface area contributed by atoms with Crippen LogP contribution in [0.25, 0.3) is 0 Å². The molecule has 2 aromatic rings. The molecule has 3 nitrogen and oxygen atoms in total. The number of carbonyl (C=O) groups excluding carboxylic acids is 1. The number of pyridine rings is 1. The lowest BCUT2D eigenvalue weighted by molar-refractivity contribution is 0.102. The van der Waals surface area contributed by atoms with Crippen LogP contribution < -0.4 is 5.32 Å². The van der Waals surface area contributed by atoms with Gasteiger partial charge < -0.3 is 5.32 Å². The third kappa shape index (κ3) is 3.41. The highest BCUT2D eigenvalue weighted by atomic mass is 16.1. The van der Waals surface area contributed by atoms with Crippen LogP contribution in [0.15, 0.2) is 48.7 Å². The second-order valence-electron chi connectivity index (χ2n) is 5.50. The maximum absolute atomic E-state index is 11.9. The third-order valence-electron chi connectivity index (χ3n) is 2.91. The molecule has 0 saturated carbocycles. The van der Waals surface area contributed by atoms with Gasteiger partial charge in [-0.3, -0.25) is 9.78 Å². The number of amides is 1. The van der Waals surface area contributed by atoms with Crippen molar-refractivity contribution in [3.8, 4) is 0 Å². The van der Waals surface area contributed by atoms with Crippen LogP contribution >= 0.6 is 0 Å². The molecular weight excluding hydrogens is 236 g/mol. The molecule has 1 aromatic heterocycles. The molecule has 1 aromatic carbocycles. The number of rotatable bonds is 2. The molecular formula is C16H18N2O. The molecule has 0 bridgehead atoms. The van der Waals surface area contributed by atoms with Crippen LogP contribution in [0.2, 0.25) is 0 Å². The topological polar surface area (TPSA) is 42.0 Å². The molecule has 0 aliphatic rings. The van der Waals surface area contributed by atoms with Gasteiger partial charge in [0.25, 0.3) is 5.91 Å². The van der Waals surface area contributed by atoms with Gasteiger partial charge in [0.1, 0.15) is 5.69 Å². The van der Waals surface area contributed by atoms with E-state index in [0.717, 1.165) is 5.69 Å². The van der Waals surface area contributed by atoms with Gasteiger partial charge in [-0.1, -0.05) is 39.0 Å². The van der Waals surface area contributed by atoms with E-state index >= 15 is 0 Å². The molecule has 0 aliphatic heterocycles. The molecule has 1 heterocycles.